The SMILES string of the molecule is CC(C)(C)c1cc(C(=O)Nc2ccccc2Cl)cc(N)c1O. The first kappa shape index (κ1) is 16.2. The number of benzene rings is 2. The number of hydrogen-bond donors (Lipinski definition) is 3. The van der Waals surface area contributed by atoms with Crippen LogP contribution in [0.25, 0.3) is 0 Å². The van der Waals surface area contributed by atoms with Crippen molar-refractivity contribution in [2.24, 2.45) is 0 Å². The molecular weight excluding hydrogens is 300 g/mol. The first-order chi connectivity index (χ1) is 10.2. The van der Waals surface area contributed by atoms with Gasteiger partial charge in [-0.3, -0.25) is 4.79 Å². The summed E-state index contributed by atoms with van der Waals surface area (Å²) < 4.78 is 0. The average molecular weight is 319 g/mol. The molecule has 0 atom stereocenters. The van der Waals surface area contributed by atoms with E-state index in [0.717, 1.165) is 0 Å². The summed E-state index contributed by atoms with van der Waals surface area (Å²) in [6, 6.07) is 10.1. The fourth-order valence-corrected chi connectivity index (χ4v) is 2.30. The molecule has 0 aliphatic carbocycles. The first-order valence-electron chi connectivity index (χ1n) is 6.89. The lowest BCUT2D eigenvalue weighted by Crippen LogP contribution is -2.17. The van der Waals surface area contributed by atoms with Crippen LogP contribution in [0.1, 0.15) is 36.7 Å². The van der Waals surface area contributed by atoms with Gasteiger partial charge in [-0.1, -0.05) is 44.5 Å². The van der Waals surface area contributed by atoms with Crippen molar-refractivity contribution in [2.75, 3.05) is 11.1 Å². The number of amides is 1. The summed E-state index contributed by atoms with van der Waals surface area (Å²) in [5, 5.41) is 13.3. The summed E-state index contributed by atoms with van der Waals surface area (Å²) >= 11 is 6.04. The lowest BCUT2D eigenvalue weighted by molar-refractivity contribution is 0.102. The van der Waals surface area contributed by atoms with Gasteiger partial charge in [0.1, 0.15) is 5.75 Å². The van der Waals surface area contributed by atoms with Crippen molar-refractivity contribution < 1.29 is 9.90 Å². The molecule has 2 aromatic rings. The highest BCUT2D eigenvalue weighted by Crippen LogP contribution is 2.36. The number of nitrogens with one attached hydrogen (secondary N) is 1. The molecule has 0 bridgehead atoms. The lowest BCUT2D eigenvalue weighted by Gasteiger charge is -2.22. The van der Waals surface area contributed by atoms with Gasteiger partial charge in [-0.25, -0.2) is 0 Å². The Morgan fingerprint density at radius 1 is 1.23 bits per heavy atom. The Balaban J connectivity index is 2.39. The number of phenolic OH excluding ortho intramolecular Hbond substituents is 1. The van der Waals surface area contributed by atoms with E-state index in [1.165, 1.54) is 6.07 Å². The minimum atomic E-state index is -0.334. The zero-order valence-electron chi connectivity index (χ0n) is 12.8. The van der Waals surface area contributed by atoms with Crippen molar-refractivity contribution in [3.05, 3.63) is 52.5 Å². The molecule has 0 radical (unpaired) electrons. The number of rotatable bonds is 2. The number of para-hydroxylation sites is 1. The maximum Gasteiger partial charge on any atom is 0.255 e. The van der Waals surface area contributed by atoms with Crippen LogP contribution in [0, 0.1) is 0 Å². The summed E-state index contributed by atoms with van der Waals surface area (Å²) in [7, 11) is 0. The topological polar surface area (TPSA) is 75.4 Å². The minimum absolute atomic E-state index is 0.0155. The van der Waals surface area contributed by atoms with Gasteiger partial charge in [0.05, 0.1) is 16.4 Å². The third-order valence-electron chi connectivity index (χ3n) is 3.33. The fourth-order valence-electron chi connectivity index (χ4n) is 2.12. The average Bonchev–Trinajstić information content (AvgIpc) is 2.42. The standard InChI is InChI=1S/C17H19ClN2O2/c1-17(2,3)11-8-10(9-13(19)15(11)21)16(22)20-14-7-5-4-6-12(14)18/h4-9,21H,19H2,1-3H3,(H,20,22). The molecule has 116 valence electrons. The van der Waals surface area contributed by atoms with Gasteiger partial charge >= 0.3 is 0 Å². The molecule has 0 heterocycles. The number of nitrogens with two attached hydrogens (primary N) is 1. The highest BCUT2D eigenvalue weighted by Gasteiger charge is 2.22. The Hall–Kier alpha value is -2.20. The largest absolute Gasteiger partial charge is 0.505 e. The van der Waals surface area contributed by atoms with Crippen molar-refractivity contribution in [3.8, 4) is 5.75 Å². The zero-order chi connectivity index (χ0) is 16.5. The Morgan fingerprint density at radius 3 is 2.45 bits per heavy atom. The molecule has 4 nitrogen and oxygen atoms in total. The Kier molecular flexibility index (Phi) is 4.33. The quantitative estimate of drug-likeness (QED) is 0.574. The number of anilines is 2. The summed E-state index contributed by atoms with van der Waals surface area (Å²) in [5.74, 6) is -0.313. The van der Waals surface area contributed by atoms with Crippen molar-refractivity contribution in [1.82, 2.24) is 0 Å². The van der Waals surface area contributed by atoms with Gasteiger partial charge in [-0.15, -0.1) is 0 Å². The molecule has 0 spiro atoms. The third kappa shape index (κ3) is 3.34. The summed E-state index contributed by atoms with van der Waals surface area (Å²) in [6.07, 6.45) is 0. The van der Waals surface area contributed by atoms with Crippen LogP contribution in [0.5, 0.6) is 5.75 Å². The van der Waals surface area contributed by atoms with E-state index in [1.807, 2.05) is 20.8 Å². The molecule has 2 aromatic carbocycles. The van der Waals surface area contributed by atoms with Gasteiger partial charge in [-0.05, 0) is 29.7 Å². The molecule has 0 saturated carbocycles. The molecule has 5 heteroatoms. The highest BCUT2D eigenvalue weighted by molar-refractivity contribution is 6.33. The van der Waals surface area contributed by atoms with E-state index in [-0.39, 0.29) is 22.8 Å². The van der Waals surface area contributed by atoms with Crippen LogP contribution in [-0.4, -0.2) is 11.0 Å². The van der Waals surface area contributed by atoms with E-state index in [0.29, 0.717) is 21.8 Å². The molecule has 0 unspecified atom stereocenters. The van der Waals surface area contributed by atoms with Crippen LogP contribution in [-0.2, 0) is 5.41 Å². The van der Waals surface area contributed by atoms with Crippen LogP contribution in [0.2, 0.25) is 5.02 Å². The van der Waals surface area contributed by atoms with E-state index in [1.54, 1.807) is 30.3 Å². The summed E-state index contributed by atoms with van der Waals surface area (Å²) in [6.45, 7) is 5.83. The lowest BCUT2D eigenvalue weighted by atomic mass is 9.85. The van der Waals surface area contributed by atoms with Gasteiger partial charge in [0.25, 0.3) is 5.91 Å². The van der Waals surface area contributed by atoms with E-state index >= 15 is 0 Å². The Labute approximate surface area is 134 Å². The normalized spacial score (nSPS) is 11.3. The Morgan fingerprint density at radius 2 is 1.86 bits per heavy atom. The number of carbonyl (C=O) groups is 1. The van der Waals surface area contributed by atoms with Gasteiger partial charge in [-0.2, -0.15) is 0 Å². The Bertz CT molecular complexity index is 721. The number of carbonyl (C=O) groups excluding carboxylic acids is 1. The van der Waals surface area contributed by atoms with Crippen molar-refractivity contribution >= 4 is 28.9 Å². The van der Waals surface area contributed by atoms with Crippen molar-refractivity contribution in [1.29, 1.82) is 0 Å². The van der Waals surface area contributed by atoms with Gasteiger partial charge in [0.15, 0.2) is 0 Å². The number of hydrogen-bond acceptors (Lipinski definition) is 3. The van der Waals surface area contributed by atoms with E-state index in [2.05, 4.69) is 5.32 Å². The maximum atomic E-state index is 12.4. The molecule has 0 aliphatic rings. The van der Waals surface area contributed by atoms with Gasteiger partial charge in [0.2, 0.25) is 0 Å². The molecule has 1 amide bonds. The molecule has 4 N–H and O–H groups in total. The molecule has 0 aromatic heterocycles. The maximum absolute atomic E-state index is 12.4. The van der Waals surface area contributed by atoms with Crippen LogP contribution in [0.4, 0.5) is 11.4 Å². The first-order valence-corrected chi connectivity index (χ1v) is 7.27. The predicted octanol–water partition coefficient (Wildman–Crippen LogP) is 4.18. The molecule has 0 aliphatic heterocycles. The van der Waals surface area contributed by atoms with E-state index in [9.17, 15) is 9.90 Å². The number of phenols is 1. The third-order valence-corrected chi connectivity index (χ3v) is 3.66. The molecular formula is C17H19ClN2O2. The van der Waals surface area contributed by atoms with Gasteiger partial charge < -0.3 is 16.2 Å². The van der Waals surface area contributed by atoms with Gasteiger partial charge in [0, 0.05) is 11.1 Å². The molecule has 2 rings (SSSR count). The summed E-state index contributed by atoms with van der Waals surface area (Å²) in [5.41, 5.74) is 7.19. The highest BCUT2D eigenvalue weighted by atomic mass is 35.5. The van der Waals surface area contributed by atoms with Crippen molar-refractivity contribution in [2.45, 2.75) is 26.2 Å². The second-order valence-corrected chi connectivity index (χ2v) is 6.55. The number of halogens is 1. The van der Waals surface area contributed by atoms with Crippen LogP contribution >= 0.6 is 11.6 Å². The predicted molar refractivity (Wildman–Crippen MR) is 90.6 cm³/mol. The van der Waals surface area contributed by atoms with Crippen LogP contribution in [0.15, 0.2) is 36.4 Å². The second-order valence-electron chi connectivity index (χ2n) is 6.15. The smallest absolute Gasteiger partial charge is 0.255 e. The number of aromatic hydroxyl groups is 1. The minimum Gasteiger partial charge on any atom is -0.505 e. The fraction of sp³-hybridized carbons (Fsp3) is 0.235. The van der Waals surface area contributed by atoms with Crippen molar-refractivity contribution in [3.63, 3.8) is 0 Å². The van der Waals surface area contributed by atoms with Crippen LogP contribution in [0.3, 0.4) is 0 Å². The zero-order valence-corrected chi connectivity index (χ0v) is 13.5. The molecule has 0 saturated heterocycles. The second kappa shape index (κ2) is 5.89. The molecule has 0 fully saturated rings. The number of nitrogen functional groups attached to an aromatic ring is 1. The summed E-state index contributed by atoms with van der Waals surface area (Å²) in [4.78, 5) is 12.4. The van der Waals surface area contributed by atoms with E-state index in [4.69, 9.17) is 17.3 Å². The monoisotopic (exact) mass is 318 g/mol. The molecule has 22 heavy (non-hydrogen) atoms. The van der Waals surface area contributed by atoms with Crippen LogP contribution < -0.4 is 11.1 Å². The van der Waals surface area contributed by atoms with E-state index < -0.39 is 0 Å².